The molecule has 118 valence electrons. The third-order valence-electron chi connectivity index (χ3n) is 4.29. The Balaban J connectivity index is 0.00000200. The van der Waals surface area contributed by atoms with Gasteiger partial charge in [-0.15, -0.1) is 24.0 Å². The van der Waals surface area contributed by atoms with Crippen LogP contribution < -0.4 is 5.73 Å². The van der Waals surface area contributed by atoms with Crippen molar-refractivity contribution in [3.8, 4) is 0 Å². The summed E-state index contributed by atoms with van der Waals surface area (Å²) in [6, 6.07) is 0.519. The zero-order valence-electron chi connectivity index (χ0n) is 12.8. The first-order chi connectivity index (χ1) is 9.16. The second kappa shape index (κ2) is 9.35. The van der Waals surface area contributed by atoms with Crippen molar-refractivity contribution in [3.63, 3.8) is 0 Å². The molecule has 0 aromatic carbocycles. The zero-order chi connectivity index (χ0) is 13.7. The Bertz CT molecular complexity index is 300. The highest BCUT2D eigenvalue weighted by Gasteiger charge is 2.20. The molecule has 0 saturated carbocycles. The molecule has 2 saturated heterocycles. The number of piperidine rings is 1. The van der Waals surface area contributed by atoms with Crippen LogP contribution in [0.15, 0.2) is 4.99 Å². The Hall–Kier alpha value is 0.310. The molecule has 0 aliphatic carbocycles. The highest BCUT2D eigenvalue weighted by atomic mass is 127. The number of rotatable bonds is 3. The summed E-state index contributed by atoms with van der Waals surface area (Å²) in [4.78, 5) is 9.39. The predicted molar refractivity (Wildman–Crippen MR) is 100 cm³/mol. The van der Waals surface area contributed by atoms with Gasteiger partial charge in [0, 0.05) is 30.6 Å². The molecule has 20 heavy (non-hydrogen) atoms. The standard InChI is InChI=1S/C14H28N4S.HI/c1-12-3-5-17(6-4-12)13(2)11-16-14(15)18-7-9-19-10-8-18;/h12-13H,3-11H2,1-2H3,(H2,15,16);1H. The number of likely N-dealkylation sites (tertiary alicyclic amines) is 1. The lowest BCUT2D eigenvalue weighted by molar-refractivity contribution is 0.150. The normalized spacial score (nSPS) is 24.3. The number of hydrogen-bond acceptors (Lipinski definition) is 3. The van der Waals surface area contributed by atoms with Crippen LogP contribution in [0.3, 0.4) is 0 Å². The molecule has 2 aliphatic rings. The number of hydrogen-bond donors (Lipinski definition) is 1. The molecular weight excluding hydrogens is 383 g/mol. The SMILES string of the molecule is CC1CCN(C(C)CN=C(N)N2CCSCC2)CC1.I. The lowest BCUT2D eigenvalue weighted by atomic mass is 9.98. The summed E-state index contributed by atoms with van der Waals surface area (Å²) < 4.78 is 0. The summed E-state index contributed by atoms with van der Waals surface area (Å²) in [7, 11) is 0. The number of halogens is 1. The molecule has 4 nitrogen and oxygen atoms in total. The third kappa shape index (κ3) is 5.60. The van der Waals surface area contributed by atoms with Gasteiger partial charge >= 0.3 is 0 Å². The molecule has 0 bridgehead atoms. The number of guanidine groups is 1. The van der Waals surface area contributed by atoms with Crippen molar-refractivity contribution >= 4 is 41.7 Å². The Morgan fingerprint density at radius 1 is 1.25 bits per heavy atom. The largest absolute Gasteiger partial charge is 0.370 e. The summed E-state index contributed by atoms with van der Waals surface area (Å²) in [6.45, 7) is 10.0. The van der Waals surface area contributed by atoms with Gasteiger partial charge in [0.05, 0.1) is 6.54 Å². The van der Waals surface area contributed by atoms with Crippen LogP contribution in [-0.4, -0.2) is 66.0 Å². The number of nitrogens with zero attached hydrogens (tertiary/aromatic N) is 3. The van der Waals surface area contributed by atoms with Gasteiger partial charge in [-0.3, -0.25) is 9.89 Å². The quantitative estimate of drug-likeness (QED) is 0.438. The van der Waals surface area contributed by atoms with Gasteiger partial charge in [-0.1, -0.05) is 6.92 Å². The summed E-state index contributed by atoms with van der Waals surface area (Å²) in [5.41, 5.74) is 6.10. The molecule has 2 aliphatic heterocycles. The maximum absolute atomic E-state index is 6.10. The van der Waals surface area contributed by atoms with Crippen LogP contribution in [0.4, 0.5) is 0 Å². The fourth-order valence-electron chi connectivity index (χ4n) is 2.70. The van der Waals surface area contributed by atoms with Crippen molar-refractivity contribution in [1.29, 1.82) is 0 Å². The van der Waals surface area contributed by atoms with Crippen molar-refractivity contribution in [2.75, 3.05) is 44.2 Å². The van der Waals surface area contributed by atoms with Crippen molar-refractivity contribution in [2.24, 2.45) is 16.6 Å². The van der Waals surface area contributed by atoms with E-state index in [4.69, 9.17) is 5.73 Å². The molecular formula is C14H29IN4S. The van der Waals surface area contributed by atoms with E-state index in [9.17, 15) is 0 Å². The van der Waals surface area contributed by atoms with Gasteiger partial charge in [0.2, 0.25) is 0 Å². The van der Waals surface area contributed by atoms with E-state index in [1.807, 2.05) is 11.8 Å². The molecule has 2 fully saturated rings. The molecule has 0 spiro atoms. The van der Waals surface area contributed by atoms with Crippen molar-refractivity contribution < 1.29 is 0 Å². The average molecular weight is 412 g/mol. The second-order valence-electron chi connectivity index (χ2n) is 5.87. The molecule has 2 rings (SSSR count). The first-order valence-electron chi connectivity index (χ1n) is 7.53. The second-order valence-corrected chi connectivity index (χ2v) is 7.09. The monoisotopic (exact) mass is 412 g/mol. The van der Waals surface area contributed by atoms with Gasteiger partial charge in [0.15, 0.2) is 5.96 Å². The molecule has 0 aromatic heterocycles. The van der Waals surface area contributed by atoms with E-state index < -0.39 is 0 Å². The van der Waals surface area contributed by atoms with E-state index in [-0.39, 0.29) is 24.0 Å². The minimum atomic E-state index is 0. The van der Waals surface area contributed by atoms with Crippen LogP contribution in [0.2, 0.25) is 0 Å². The predicted octanol–water partition coefficient (Wildman–Crippen LogP) is 2.09. The van der Waals surface area contributed by atoms with Gasteiger partial charge in [-0.25, -0.2) is 0 Å². The van der Waals surface area contributed by atoms with Crippen molar-refractivity contribution in [1.82, 2.24) is 9.80 Å². The Kier molecular flexibility index (Phi) is 8.59. The van der Waals surface area contributed by atoms with E-state index in [1.165, 1.54) is 37.4 Å². The van der Waals surface area contributed by atoms with Gasteiger partial charge < -0.3 is 10.6 Å². The van der Waals surface area contributed by atoms with Crippen LogP contribution in [0, 0.1) is 5.92 Å². The van der Waals surface area contributed by atoms with Crippen LogP contribution in [-0.2, 0) is 0 Å². The topological polar surface area (TPSA) is 44.9 Å². The third-order valence-corrected chi connectivity index (χ3v) is 5.24. The highest BCUT2D eigenvalue weighted by Crippen LogP contribution is 2.18. The smallest absolute Gasteiger partial charge is 0.191 e. The maximum atomic E-state index is 6.10. The minimum absolute atomic E-state index is 0. The summed E-state index contributed by atoms with van der Waals surface area (Å²) in [5, 5.41) is 0. The Labute approximate surface area is 144 Å². The number of thioether (sulfide) groups is 1. The van der Waals surface area contributed by atoms with E-state index in [1.54, 1.807) is 0 Å². The van der Waals surface area contributed by atoms with Crippen LogP contribution in [0.5, 0.6) is 0 Å². The van der Waals surface area contributed by atoms with Gasteiger partial charge in [-0.05, 0) is 38.8 Å². The fourth-order valence-corrected chi connectivity index (χ4v) is 3.61. The molecule has 0 radical (unpaired) electrons. The Morgan fingerprint density at radius 2 is 1.85 bits per heavy atom. The van der Waals surface area contributed by atoms with Crippen molar-refractivity contribution in [2.45, 2.75) is 32.7 Å². The van der Waals surface area contributed by atoms with Gasteiger partial charge in [-0.2, -0.15) is 11.8 Å². The van der Waals surface area contributed by atoms with E-state index in [0.29, 0.717) is 6.04 Å². The summed E-state index contributed by atoms with van der Waals surface area (Å²) in [6.07, 6.45) is 2.65. The lowest BCUT2D eigenvalue weighted by Gasteiger charge is -2.34. The Morgan fingerprint density at radius 3 is 2.45 bits per heavy atom. The molecule has 2 heterocycles. The lowest BCUT2D eigenvalue weighted by Crippen LogP contribution is -2.44. The maximum Gasteiger partial charge on any atom is 0.191 e. The molecule has 6 heteroatoms. The zero-order valence-corrected chi connectivity index (χ0v) is 15.9. The molecule has 2 N–H and O–H groups in total. The minimum Gasteiger partial charge on any atom is -0.370 e. The van der Waals surface area contributed by atoms with E-state index in [0.717, 1.165) is 31.5 Å². The average Bonchev–Trinajstić information content (AvgIpc) is 2.46. The summed E-state index contributed by atoms with van der Waals surface area (Å²) >= 11 is 2.00. The first-order valence-corrected chi connectivity index (χ1v) is 8.69. The molecule has 1 atom stereocenters. The fraction of sp³-hybridized carbons (Fsp3) is 0.929. The van der Waals surface area contributed by atoms with Crippen molar-refractivity contribution in [3.05, 3.63) is 0 Å². The first kappa shape index (κ1) is 18.4. The van der Waals surface area contributed by atoms with E-state index >= 15 is 0 Å². The van der Waals surface area contributed by atoms with E-state index in [2.05, 4.69) is 28.6 Å². The molecule has 1 unspecified atom stereocenters. The van der Waals surface area contributed by atoms with Gasteiger partial charge in [0.1, 0.15) is 0 Å². The van der Waals surface area contributed by atoms with Crippen LogP contribution in [0.1, 0.15) is 26.7 Å². The summed E-state index contributed by atoms with van der Waals surface area (Å²) in [5.74, 6) is 3.99. The number of nitrogens with two attached hydrogens (primary N) is 1. The molecule has 0 amide bonds. The van der Waals surface area contributed by atoms with Crippen LogP contribution in [0.25, 0.3) is 0 Å². The van der Waals surface area contributed by atoms with Crippen LogP contribution >= 0.6 is 35.7 Å². The highest BCUT2D eigenvalue weighted by molar-refractivity contribution is 14.0. The molecule has 0 aromatic rings. The number of aliphatic imine (C=N–C) groups is 1. The van der Waals surface area contributed by atoms with Gasteiger partial charge in [0.25, 0.3) is 0 Å².